The summed E-state index contributed by atoms with van der Waals surface area (Å²) in [6, 6.07) is 13.7. The maximum absolute atomic E-state index is 12.7. The van der Waals surface area contributed by atoms with Crippen molar-refractivity contribution in [1.82, 2.24) is 4.90 Å². The smallest absolute Gasteiger partial charge is 0.321 e. The third-order valence-corrected chi connectivity index (χ3v) is 5.80. The van der Waals surface area contributed by atoms with Gasteiger partial charge in [0, 0.05) is 61.1 Å². The van der Waals surface area contributed by atoms with E-state index >= 15 is 0 Å². The van der Waals surface area contributed by atoms with Gasteiger partial charge in [-0.25, -0.2) is 4.79 Å². The molecule has 0 saturated carbocycles. The van der Waals surface area contributed by atoms with E-state index in [-0.39, 0.29) is 24.0 Å². The van der Waals surface area contributed by atoms with Crippen molar-refractivity contribution in [3.63, 3.8) is 0 Å². The average Bonchev–Trinajstić information content (AvgIpc) is 2.75. The molecule has 9 nitrogen and oxygen atoms in total. The molecule has 1 saturated heterocycles. The number of carbonyl (C=O) groups is 2. The Labute approximate surface area is 178 Å². The molecular weight excluding hydrogens is 406 g/mol. The van der Waals surface area contributed by atoms with Crippen molar-refractivity contribution in [3.05, 3.63) is 58.6 Å². The van der Waals surface area contributed by atoms with Crippen LogP contribution >= 0.6 is 11.8 Å². The lowest BCUT2D eigenvalue weighted by molar-refractivity contribution is -0.384. The minimum Gasteiger partial charge on any atom is -0.370 e. The first-order chi connectivity index (χ1) is 14.4. The number of anilines is 2. The first-order valence-electron chi connectivity index (χ1n) is 9.49. The third kappa shape index (κ3) is 5.63. The number of nitro benzene ring substituents is 1. The highest BCUT2D eigenvalue weighted by Crippen LogP contribution is 2.28. The zero-order valence-electron chi connectivity index (χ0n) is 16.3. The summed E-state index contributed by atoms with van der Waals surface area (Å²) in [6.45, 7) is 2.36. The van der Waals surface area contributed by atoms with Gasteiger partial charge < -0.3 is 20.9 Å². The molecule has 1 heterocycles. The molecule has 0 atom stereocenters. The number of amides is 3. The van der Waals surface area contributed by atoms with Crippen LogP contribution in [0, 0.1) is 10.1 Å². The van der Waals surface area contributed by atoms with Gasteiger partial charge in [0.05, 0.1) is 10.6 Å². The number of nitrogens with one attached hydrogen (secondary N) is 1. The number of hydrogen-bond donors (Lipinski definition) is 2. The lowest BCUT2D eigenvalue weighted by atomic mass is 10.2. The van der Waals surface area contributed by atoms with E-state index in [1.807, 2.05) is 24.3 Å². The second-order valence-corrected chi connectivity index (χ2v) is 7.88. The van der Waals surface area contributed by atoms with Crippen LogP contribution in [0.1, 0.15) is 6.42 Å². The number of urea groups is 1. The van der Waals surface area contributed by atoms with Crippen molar-refractivity contribution in [2.45, 2.75) is 11.3 Å². The number of non-ortho nitro benzene ring substituents is 1. The lowest BCUT2D eigenvalue weighted by Crippen LogP contribution is -2.50. The van der Waals surface area contributed by atoms with Crippen molar-refractivity contribution in [2.24, 2.45) is 5.73 Å². The van der Waals surface area contributed by atoms with Crippen LogP contribution in [-0.2, 0) is 4.79 Å². The second-order valence-electron chi connectivity index (χ2n) is 6.74. The summed E-state index contributed by atoms with van der Waals surface area (Å²) >= 11 is 1.47. The van der Waals surface area contributed by atoms with Crippen LogP contribution in [0.5, 0.6) is 0 Å². The van der Waals surface area contributed by atoms with E-state index in [9.17, 15) is 19.7 Å². The summed E-state index contributed by atoms with van der Waals surface area (Å²) in [7, 11) is 0. The Morgan fingerprint density at radius 2 is 1.73 bits per heavy atom. The van der Waals surface area contributed by atoms with Crippen LogP contribution in [-0.4, -0.2) is 53.7 Å². The predicted octanol–water partition coefficient (Wildman–Crippen LogP) is 2.92. The second kappa shape index (κ2) is 9.97. The first kappa shape index (κ1) is 21.4. The minimum absolute atomic E-state index is 0.0594. The Balaban J connectivity index is 1.54. The number of benzene rings is 2. The summed E-state index contributed by atoms with van der Waals surface area (Å²) in [4.78, 5) is 38.7. The summed E-state index contributed by atoms with van der Waals surface area (Å²) in [6.07, 6.45) is 0.275. The fraction of sp³-hybridized carbons (Fsp3) is 0.300. The van der Waals surface area contributed by atoms with Crippen molar-refractivity contribution < 1.29 is 14.5 Å². The molecule has 0 unspecified atom stereocenters. The van der Waals surface area contributed by atoms with E-state index in [4.69, 9.17) is 5.73 Å². The zero-order valence-corrected chi connectivity index (χ0v) is 17.1. The van der Waals surface area contributed by atoms with Gasteiger partial charge in [-0.2, -0.15) is 0 Å². The monoisotopic (exact) mass is 429 g/mol. The third-order valence-electron chi connectivity index (χ3n) is 4.73. The largest absolute Gasteiger partial charge is 0.370 e. The Bertz CT molecular complexity index is 914. The summed E-state index contributed by atoms with van der Waals surface area (Å²) < 4.78 is 0. The van der Waals surface area contributed by atoms with E-state index in [2.05, 4.69) is 10.2 Å². The molecular formula is C20H23N5O4S. The molecule has 10 heteroatoms. The number of nitro groups is 1. The lowest BCUT2D eigenvalue weighted by Gasteiger charge is -2.36. The first-order valence-corrected chi connectivity index (χ1v) is 10.5. The number of primary amides is 1. The molecule has 3 amide bonds. The van der Waals surface area contributed by atoms with E-state index in [1.54, 1.807) is 17.0 Å². The van der Waals surface area contributed by atoms with Crippen LogP contribution in [0.4, 0.5) is 21.9 Å². The Kier molecular flexibility index (Phi) is 7.12. The number of thioether (sulfide) groups is 1. The van der Waals surface area contributed by atoms with Gasteiger partial charge in [0.25, 0.3) is 5.69 Å². The summed E-state index contributed by atoms with van der Waals surface area (Å²) in [5, 5.41) is 13.7. The SMILES string of the molecule is NC(=O)CCSc1ccccc1NC(=O)N1CCN(c2ccc([N+](=O)[O-])cc2)CC1. The number of nitrogens with zero attached hydrogens (tertiary/aromatic N) is 3. The molecule has 0 aromatic heterocycles. The predicted molar refractivity (Wildman–Crippen MR) is 117 cm³/mol. The molecule has 1 aliphatic heterocycles. The van der Waals surface area contributed by atoms with Crippen LogP contribution in [0.15, 0.2) is 53.4 Å². The van der Waals surface area contributed by atoms with Gasteiger partial charge in [0.15, 0.2) is 0 Å². The average molecular weight is 430 g/mol. The fourth-order valence-corrected chi connectivity index (χ4v) is 4.08. The van der Waals surface area contributed by atoms with Crippen molar-refractivity contribution in [1.29, 1.82) is 0 Å². The molecule has 2 aromatic carbocycles. The molecule has 2 aromatic rings. The highest BCUT2D eigenvalue weighted by Gasteiger charge is 2.22. The molecule has 30 heavy (non-hydrogen) atoms. The number of para-hydroxylation sites is 1. The molecule has 1 fully saturated rings. The Hall–Kier alpha value is -3.27. The van der Waals surface area contributed by atoms with Crippen LogP contribution in [0.3, 0.4) is 0 Å². The van der Waals surface area contributed by atoms with Gasteiger partial charge in [-0.3, -0.25) is 14.9 Å². The van der Waals surface area contributed by atoms with Crippen molar-refractivity contribution >= 4 is 40.8 Å². The number of nitrogens with two attached hydrogens (primary N) is 1. The quantitative estimate of drug-likeness (QED) is 0.396. The van der Waals surface area contributed by atoms with Gasteiger partial charge in [0.1, 0.15) is 0 Å². The van der Waals surface area contributed by atoms with E-state index in [1.165, 1.54) is 23.9 Å². The number of piperazine rings is 1. The van der Waals surface area contributed by atoms with Gasteiger partial charge in [-0.15, -0.1) is 11.8 Å². The van der Waals surface area contributed by atoms with Gasteiger partial charge in [-0.1, -0.05) is 12.1 Å². The summed E-state index contributed by atoms with van der Waals surface area (Å²) in [5.41, 5.74) is 6.85. The standard InChI is InChI=1S/C20H23N5O4S/c21-19(26)9-14-30-18-4-2-1-3-17(18)22-20(27)24-12-10-23(11-13-24)15-5-7-16(8-6-15)25(28)29/h1-8H,9-14H2,(H2,21,26)(H,22,27). The summed E-state index contributed by atoms with van der Waals surface area (Å²) in [5.74, 6) is 0.200. The van der Waals surface area contributed by atoms with Crippen LogP contribution < -0.4 is 16.0 Å². The Morgan fingerprint density at radius 1 is 1.07 bits per heavy atom. The minimum atomic E-state index is -0.421. The number of carbonyl (C=O) groups excluding carboxylic acids is 2. The highest BCUT2D eigenvalue weighted by molar-refractivity contribution is 7.99. The van der Waals surface area contributed by atoms with Gasteiger partial charge >= 0.3 is 6.03 Å². The maximum atomic E-state index is 12.7. The van der Waals surface area contributed by atoms with Crippen LogP contribution in [0.2, 0.25) is 0 Å². The number of rotatable bonds is 7. The van der Waals surface area contributed by atoms with Crippen molar-refractivity contribution in [2.75, 3.05) is 42.1 Å². The normalized spacial score (nSPS) is 13.7. The molecule has 158 valence electrons. The molecule has 0 spiro atoms. The Morgan fingerprint density at radius 3 is 2.37 bits per heavy atom. The molecule has 1 aliphatic rings. The van der Waals surface area contributed by atoms with Gasteiger partial charge in [-0.05, 0) is 24.3 Å². The molecule has 3 N–H and O–H groups in total. The fourth-order valence-electron chi connectivity index (χ4n) is 3.10. The highest BCUT2D eigenvalue weighted by atomic mass is 32.2. The molecule has 0 radical (unpaired) electrons. The zero-order chi connectivity index (χ0) is 21.5. The maximum Gasteiger partial charge on any atom is 0.321 e. The van der Waals surface area contributed by atoms with E-state index in [0.717, 1.165) is 10.6 Å². The van der Waals surface area contributed by atoms with E-state index < -0.39 is 4.92 Å². The molecule has 0 aliphatic carbocycles. The van der Waals surface area contributed by atoms with E-state index in [0.29, 0.717) is 37.6 Å². The van der Waals surface area contributed by atoms with Crippen molar-refractivity contribution in [3.8, 4) is 0 Å². The number of hydrogen-bond acceptors (Lipinski definition) is 6. The molecule has 0 bridgehead atoms. The topological polar surface area (TPSA) is 122 Å². The van der Waals surface area contributed by atoms with Gasteiger partial charge in [0.2, 0.25) is 5.91 Å². The van der Waals surface area contributed by atoms with Crippen LogP contribution in [0.25, 0.3) is 0 Å². The molecule has 3 rings (SSSR count).